The summed E-state index contributed by atoms with van der Waals surface area (Å²) in [5.74, 6) is 0.675. The lowest BCUT2D eigenvalue weighted by Gasteiger charge is -2.29. The molecule has 0 aliphatic heterocycles. The first-order chi connectivity index (χ1) is 8.70. The van der Waals surface area contributed by atoms with Gasteiger partial charge in [-0.2, -0.15) is 0 Å². The van der Waals surface area contributed by atoms with Gasteiger partial charge < -0.3 is 15.2 Å². The fourth-order valence-electron chi connectivity index (χ4n) is 2.87. The monoisotopic (exact) mass is 255 g/mol. The van der Waals surface area contributed by atoms with Gasteiger partial charge in [0.15, 0.2) is 0 Å². The van der Waals surface area contributed by atoms with Crippen LogP contribution in [0.5, 0.6) is 0 Å². The lowest BCUT2D eigenvalue weighted by atomic mass is 9.86. The van der Waals surface area contributed by atoms with Crippen LogP contribution in [0, 0.1) is 11.3 Å². The highest BCUT2D eigenvalue weighted by atomic mass is 16.5. The van der Waals surface area contributed by atoms with Crippen LogP contribution in [0.4, 0.5) is 0 Å². The second-order valence-electron chi connectivity index (χ2n) is 5.90. The third-order valence-corrected chi connectivity index (χ3v) is 4.56. The summed E-state index contributed by atoms with van der Waals surface area (Å²) in [6, 6.07) is 0.320. The van der Waals surface area contributed by atoms with E-state index in [0.717, 1.165) is 44.9 Å². The van der Waals surface area contributed by atoms with Gasteiger partial charge in [0.25, 0.3) is 0 Å². The van der Waals surface area contributed by atoms with Crippen molar-refractivity contribution in [3.05, 3.63) is 0 Å². The molecule has 0 bridgehead atoms. The van der Waals surface area contributed by atoms with E-state index in [2.05, 4.69) is 5.32 Å². The Labute approximate surface area is 109 Å². The molecule has 0 heterocycles. The number of amides is 1. The predicted octanol–water partition coefficient (Wildman–Crippen LogP) is 1.47. The SMILES string of the molecule is COCCC1(C(=O)NC2CCC(CO)CC2)CC1. The van der Waals surface area contributed by atoms with Crippen LogP contribution >= 0.6 is 0 Å². The molecule has 104 valence electrons. The Morgan fingerprint density at radius 2 is 2.00 bits per heavy atom. The summed E-state index contributed by atoms with van der Waals surface area (Å²) in [6.07, 6.45) is 6.96. The Kier molecular flexibility index (Phi) is 4.62. The molecule has 0 aromatic rings. The number of hydrogen-bond acceptors (Lipinski definition) is 3. The van der Waals surface area contributed by atoms with E-state index in [9.17, 15) is 4.79 Å². The maximum absolute atomic E-state index is 12.2. The van der Waals surface area contributed by atoms with Crippen molar-refractivity contribution in [2.24, 2.45) is 11.3 Å². The summed E-state index contributed by atoms with van der Waals surface area (Å²) >= 11 is 0. The molecule has 1 amide bonds. The zero-order valence-electron chi connectivity index (χ0n) is 11.3. The van der Waals surface area contributed by atoms with Crippen molar-refractivity contribution in [3.63, 3.8) is 0 Å². The maximum Gasteiger partial charge on any atom is 0.226 e. The van der Waals surface area contributed by atoms with Gasteiger partial charge in [-0.25, -0.2) is 0 Å². The zero-order valence-corrected chi connectivity index (χ0v) is 11.3. The fraction of sp³-hybridized carbons (Fsp3) is 0.929. The van der Waals surface area contributed by atoms with Crippen molar-refractivity contribution in [1.29, 1.82) is 0 Å². The van der Waals surface area contributed by atoms with Crippen LogP contribution in [0.1, 0.15) is 44.9 Å². The first kappa shape index (κ1) is 13.8. The summed E-state index contributed by atoms with van der Waals surface area (Å²) in [5.41, 5.74) is -0.121. The molecule has 2 fully saturated rings. The van der Waals surface area contributed by atoms with Gasteiger partial charge >= 0.3 is 0 Å². The molecule has 4 nitrogen and oxygen atoms in total. The number of carbonyl (C=O) groups is 1. The molecule has 0 radical (unpaired) electrons. The highest BCUT2D eigenvalue weighted by Gasteiger charge is 2.49. The summed E-state index contributed by atoms with van der Waals surface area (Å²) in [5, 5.41) is 12.3. The molecule has 2 aliphatic rings. The number of rotatable bonds is 6. The minimum Gasteiger partial charge on any atom is -0.396 e. The standard InChI is InChI=1S/C14H25NO3/c1-18-9-8-14(6-7-14)13(17)15-12-4-2-11(10-16)3-5-12/h11-12,16H,2-10H2,1H3,(H,15,17). The Balaban J connectivity index is 1.75. The molecule has 2 rings (SSSR count). The van der Waals surface area contributed by atoms with E-state index in [1.165, 1.54) is 0 Å². The lowest BCUT2D eigenvalue weighted by molar-refractivity contribution is -0.128. The first-order valence-electron chi connectivity index (χ1n) is 7.11. The van der Waals surface area contributed by atoms with Crippen LogP contribution < -0.4 is 5.32 Å². The Morgan fingerprint density at radius 3 is 2.50 bits per heavy atom. The topological polar surface area (TPSA) is 58.6 Å². The molecule has 2 aliphatic carbocycles. The van der Waals surface area contributed by atoms with Crippen LogP contribution in [0.15, 0.2) is 0 Å². The fourth-order valence-corrected chi connectivity index (χ4v) is 2.87. The van der Waals surface area contributed by atoms with Gasteiger partial charge in [0.1, 0.15) is 0 Å². The highest BCUT2D eigenvalue weighted by molar-refractivity contribution is 5.85. The van der Waals surface area contributed by atoms with Gasteiger partial charge in [-0.15, -0.1) is 0 Å². The second kappa shape index (κ2) is 6.02. The number of nitrogens with one attached hydrogen (secondary N) is 1. The van der Waals surface area contributed by atoms with Crippen molar-refractivity contribution in [2.75, 3.05) is 20.3 Å². The minimum absolute atomic E-state index is 0.121. The molecular weight excluding hydrogens is 230 g/mol. The third-order valence-electron chi connectivity index (χ3n) is 4.56. The third kappa shape index (κ3) is 3.23. The van der Waals surface area contributed by atoms with E-state index >= 15 is 0 Å². The maximum atomic E-state index is 12.2. The zero-order chi connectivity index (χ0) is 13.0. The second-order valence-corrected chi connectivity index (χ2v) is 5.90. The number of aliphatic hydroxyl groups excluding tert-OH is 1. The summed E-state index contributed by atoms with van der Waals surface area (Å²) in [7, 11) is 1.68. The molecule has 0 spiro atoms. The minimum atomic E-state index is -0.121. The van der Waals surface area contributed by atoms with Crippen LogP contribution in [-0.2, 0) is 9.53 Å². The molecule has 0 aromatic carbocycles. The molecule has 0 atom stereocenters. The molecule has 4 heteroatoms. The van der Waals surface area contributed by atoms with Crippen molar-refractivity contribution < 1.29 is 14.6 Å². The van der Waals surface area contributed by atoms with Gasteiger partial charge in [-0.05, 0) is 50.9 Å². The number of aliphatic hydroxyl groups is 1. The van der Waals surface area contributed by atoms with Crippen LogP contribution in [0.25, 0.3) is 0 Å². The Hall–Kier alpha value is -0.610. The van der Waals surface area contributed by atoms with Gasteiger partial charge in [0.05, 0.1) is 5.41 Å². The lowest BCUT2D eigenvalue weighted by Crippen LogP contribution is -2.42. The van der Waals surface area contributed by atoms with Crippen LogP contribution in [-0.4, -0.2) is 37.4 Å². The van der Waals surface area contributed by atoms with Crippen molar-refractivity contribution in [1.82, 2.24) is 5.32 Å². The Morgan fingerprint density at radius 1 is 1.33 bits per heavy atom. The smallest absolute Gasteiger partial charge is 0.226 e. The summed E-state index contributed by atoms with van der Waals surface area (Å²) in [4.78, 5) is 12.2. The van der Waals surface area contributed by atoms with Crippen molar-refractivity contribution >= 4 is 5.91 Å². The molecule has 0 saturated heterocycles. The number of methoxy groups -OCH3 is 1. The van der Waals surface area contributed by atoms with Crippen molar-refractivity contribution in [3.8, 4) is 0 Å². The molecule has 0 unspecified atom stereocenters. The predicted molar refractivity (Wildman–Crippen MR) is 69.1 cm³/mol. The quantitative estimate of drug-likeness (QED) is 0.755. The highest BCUT2D eigenvalue weighted by Crippen LogP contribution is 2.49. The van der Waals surface area contributed by atoms with Crippen molar-refractivity contribution in [2.45, 2.75) is 51.0 Å². The van der Waals surface area contributed by atoms with E-state index < -0.39 is 0 Å². The largest absolute Gasteiger partial charge is 0.396 e. The molecular formula is C14H25NO3. The summed E-state index contributed by atoms with van der Waals surface area (Å²) in [6.45, 7) is 0.961. The molecule has 18 heavy (non-hydrogen) atoms. The van der Waals surface area contributed by atoms with Gasteiger partial charge in [-0.1, -0.05) is 0 Å². The average molecular weight is 255 g/mol. The molecule has 2 saturated carbocycles. The van der Waals surface area contributed by atoms with Gasteiger partial charge in [0.2, 0.25) is 5.91 Å². The van der Waals surface area contributed by atoms with E-state index in [0.29, 0.717) is 25.2 Å². The van der Waals surface area contributed by atoms with Crippen LogP contribution in [0.3, 0.4) is 0 Å². The molecule has 2 N–H and O–H groups in total. The average Bonchev–Trinajstić information content (AvgIpc) is 3.18. The number of ether oxygens (including phenoxy) is 1. The Bertz CT molecular complexity index is 281. The van der Waals surface area contributed by atoms with Gasteiger partial charge in [-0.3, -0.25) is 4.79 Å². The number of carbonyl (C=O) groups excluding carboxylic acids is 1. The number of hydrogen-bond donors (Lipinski definition) is 2. The van der Waals surface area contributed by atoms with Gasteiger partial charge in [0, 0.05) is 26.4 Å². The van der Waals surface area contributed by atoms with E-state index in [1.807, 2.05) is 0 Å². The first-order valence-corrected chi connectivity index (χ1v) is 7.11. The molecule has 0 aromatic heterocycles. The van der Waals surface area contributed by atoms with E-state index in [-0.39, 0.29) is 11.3 Å². The normalized spacial score (nSPS) is 29.9. The van der Waals surface area contributed by atoms with Crippen LogP contribution in [0.2, 0.25) is 0 Å². The van der Waals surface area contributed by atoms with E-state index in [1.54, 1.807) is 7.11 Å². The summed E-state index contributed by atoms with van der Waals surface area (Å²) < 4.78 is 5.08. The van der Waals surface area contributed by atoms with E-state index in [4.69, 9.17) is 9.84 Å².